The molecule has 0 fully saturated rings. The lowest BCUT2D eigenvalue weighted by atomic mass is 10.2. The molecule has 3 heteroatoms. The molecule has 0 aliphatic heterocycles. The zero-order valence-electron chi connectivity index (χ0n) is 9.61. The third kappa shape index (κ3) is 2.69. The Balaban J connectivity index is 2.02. The van der Waals surface area contributed by atoms with Crippen LogP contribution < -0.4 is 5.32 Å². The monoisotopic (exact) mass is 215 g/mol. The standard InChI is InChI=1S/C13H17N3/c1-2-3-6-9-14-13-15-10-11-7-4-5-8-12(11)16-13/h4-5,7-8,10H,2-3,6,9H2,1H3,(H,14,15,16). The van der Waals surface area contributed by atoms with Crippen molar-refractivity contribution in [3.8, 4) is 0 Å². The van der Waals surface area contributed by atoms with E-state index < -0.39 is 0 Å². The Morgan fingerprint density at radius 1 is 1.19 bits per heavy atom. The van der Waals surface area contributed by atoms with Gasteiger partial charge in [0.2, 0.25) is 5.95 Å². The molecule has 2 rings (SSSR count). The van der Waals surface area contributed by atoms with Crippen LogP contribution in [0.3, 0.4) is 0 Å². The van der Waals surface area contributed by atoms with E-state index in [0.29, 0.717) is 0 Å². The van der Waals surface area contributed by atoms with Gasteiger partial charge in [-0.15, -0.1) is 0 Å². The quantitative estimate of drug-likeness (QED) is 0.778. The number of nitrogens with zero attached hydrogens (tertiary/aromatic N) is 2. The summed E-state index contributed by atoms with van der Waals surface area (Å²) in [5.41, 5.74) is 0.996. The van der Waals surface area contributed by atoms with E-state index in [-0.39, 0.29) is 0 Å². The number of nitrogens with one attached hydrogen (secondary N) is 1. The molecule has 0 atom stereocenters. The van der Waals surface area contributed by atoms with Crippen molar-refractivity contribution < 1.29 is 0 Å². The first-order chi connectivity index (χ1) is 7.90. The lowest BCUT2D eigenvalue weighted by molar-refractivity contribution is 0.741. The van der Waals surface area contributed by atoms with Crippen LogP contribution in [0.15, 0.2) is 30.5 Å². The normalized spacial score (nSPS) is 10.6. The largest absolute Gasteiger partial charge is 0.354 e. The van der Waals surface area contributed by atoms with Gasteiger partial charge in [-0.1, -0.05) is 38.0 Å². The molecule has 1 aromatic heterocycles. The summed E-state index contributed by atoms with van der Waals surface area (Å²) in [7, 11) is 0. The van der Waals surface area contributed by atoms with Crippen molar-refractivity contribution in [2.24, 2.45) is 0 Å². The lowest BCUT2D eigenvalue weighted by Crippen LogP contribution is -2.04. The number of aromatic nitrogens is 2. The Morgan fingerprint density at radius 2 is 2.06 bits per heavy atom. The minimum atomic E-state index is 0.731. The average Bonchev–Trinajstić information content (AvgIpc) is 2.34. The number of benzene rings is 1. The van der Waals surface area contributed by atoms with Gasteiger partial charge in [-0.3, -0.25) is 0 Å². The lowest BCUT2D eigenvalue weighted by Gasteiger charge is -2.04. The van der Waals surface area contributed by atoms with E-state index in [1.165, 1.54) is 19.3 Å². The van der Waals surface area contributed by atoms with Crippen molar-refractivity contribution in [2.45, 2.75) is 26.2 Å². The highest BCUT2D eigenvalue weighted by molar-refractivity contribution is 5.78. The summed E-state index contributed by atoms with van der Waals surface area (Å²) in [5.74, 6) is 0.731. The van der Waals surface area contributed by atoms with E-state index in [1.54, 1.807) is 0 Å². The van der Waals surface area contributed by atoms with Gasteiger partial charge >= 0.3 is 0 Å². The number of fused-ring (bicyclic) bond motifs is 1. The molecule has 0 saturated carbocycles. The highest BCUT2D eigenvalue weighted by Crippen LogP contribution is 2.11. The molecule has 1 aromatic carbocycles. The van der Waals surface area contributed by atoms with E-state index in [2.05, 4.69) is 22.2 Å². The fraction of sp³-hybridized carbons (Fsp3) is 0.385. The number of hydrogen-bond acceptors (Lipinski definition) is 3. The minimum Gasteiger partial charge on any atom is -0.354 e. The van der Waals surface area contributed by atoms with E-state index in [0.717, 1.165) is 23.4 Å². The maximum atomic E-state index is 4.45. The van der Waals surface area contributed by atoms with Crippen molar-refractivity contribution in [2.75, 3.05) is 11.9 Å². The van der Waals surface area contributed by atoms with E-state index >= 15 is 0 Å². The van der Waals surface area contributed by atoms with Crippen LogP contribution in [0.5, 0.6) is 0 Å². The van der Waals surface area contributed by atoms with Crippen LogP contribution in [0, 0.1) is 0 Å². The van der Waals surface area contributed by atoms with E-state index in [1.807, 2.05) is 30.5 Å². The van der Waals surface area contributed by atoms with Gasteiger partial charge in [0.15, 0.2) is 0 Å². The Bertz CT molecular complexity index is 454. The van der Waals surface area contributed by atoms with E-state index in [9.17, 15) is 0 Å². The smallest absolute Gasteiger partial charge is 0.223 e. The summed E-state index contributed by atoms with van der Waals surface area (Å²) >= 11 is 0. The summed E-state index contributed by atoms with van der Waals surface area (Å²) in [5, 5.41) is 4.33. The zero-order valence-corrected chi connectivity index (χ0v) is 9.61. The SMILES string of the molecule is CCCCCNc1ncc2ccccc2n1. The predicted octanol–water partition coefficient (Wildman–Crippen LogP) is 3.23. The molecule has 0 aliphatic rings. The third-order valence-electron chi connectivity index (χ3n) is 2.55. The number of unbranched alkanes of at least 4 members (excludes halogenated alkanes) is 2. The first-order valence-electron chi connectivity index (χ1n) is 5.86. The van der Waals surface area contributed by atoms with Crippen LogP contribution in [0.4, 0.5) is 5.95 Å². The van der Waals surface area contributed by atoms with E-state index in [4.69, 9.17) is 0 Å². The molecule has 0 unspecified atom stereocenters. The van der Waals surface area contributed by atoms with Crippen molar-refractivity contribution in [3.63, 3.8) is 0 Å². The average molecular weight is 215 g/mol. The Kier molecular flexibility index (Phi) is 3.70. The molecule has 1 heterocycles. The first kappa shape index (κ1) is 10.9. The molecule has 0 bridgehead atoms. The molecule has 0 aliphatic carbocycles. The van der Waals surface area contributed by atoms with Gasteiger partial charge in [0.1, 0.15) is 0 Å². The summed E-state index contributed by atoms with van der Waals surface area (Å²) in [4.78, 5) is 8.73. The molecule has 2 aromatic rings. The van der Waals surface area contributed by atoms with Crippen LogP contribution in [0.25, 0.3) is 10.9 Å². The van der Waals surface area contributed by atoms with Gasteiger partial charge in [0.25, 0.3) is 0 Å². The maximum Gasteiger partial charge on any atom is 0.223 e. The second-order valence-electron chi connectivity index (χ2n) is 3.89. The molecule has 1 N–H and O–H groups in total. The van der Waals surface area contributed by atoms with Crippen molar-refractivity contribution in [3.05, 3.63) is 30.5 Å². The summed E-state index contributed by atoms with van der Waals surface area (Å²) < 4.78 is 0. The number of anilines is 1. The van der Waals surface area contributed by atoms with Gasteiger partial charge in [-0.05, 0) is 12.5 Å². The molecule has 16 heavy (non-hydrogen) atoms. The van der Waals surface area contributed by atoms with Crippen LogP contribution in [0.1, 0.15) is 26.2 Å². The van der Waals surface area contributed by atoms with Gasteiger partial charge in [-0.2, -0.15) is 0 Å². The molecule has 0 spiro atoms. The van der Waals surface area contributed by atoms with Crippen LogP contribution >= 0.6 is 0 Å². The summed E-state index contributed by atoms with van der Waals surface area (Å²) in [6, 6.07) is 8.03. The highest BCUT2D eigenvalue weighted by Gasteiger charge is 1.97. The first-order valence-corrected chi connectivity index (χ1v) is 5.86. The fourth-order valence-electron chi connectivity index (χ4n) is 1.63. The molecule has 3 nitrogen and oxygen atoms in total. The molecule has 84 valence electrons. The molecular weight excluding hydrogens is 198 g/mol. The Morgan fingerprint density at radius 3 is 2.94 bits per heavy atom. The van der Waals surface area contributed by atoms with Crippen LogP contribution in [0.2, 0.25) is 0 Å². The predicted molar refractivity (Wildman–Crippen MR) is 67.6 cm³/mol. The van der Waals surface area contributed by atoms with Crippen LogP contribution in [-0.2, 0) is 0 Å². The molecule has 0 amide bonds. The number of para-hydroxylation sites is 1. The number of rotatable bonds is 5. The van der Waals surface area contributed by atoms with Crippen LogP contribution in [-0.4, -0.2) is 16.5 Å². The minimum absolute atomic E-state index is 0.731. The van der Waals surface area contributed by atoms with Crippen molar-refractivity contribution in [1.82, 2.24) is 9.97 Å². The fourth-order valence-corrected chi connectivity index (χ4v) is 1.63. The third-order valence-corrected chi connectivity index (χ3v) is 2.55. The molecular formula is C13H17N3. The topological polar surface area (TPSA) is 37.8 Å². The van der Waals surface area contributed by atoms with Crippen molar-refractivity contribution >= 4 is 16.9 Å². The summed E-state index contributed by atoms with van der Waals surface area (Å²) in [6.45, 7) is 3.15. The number of hydrogen-bond donors (Lipinski definition) is 1. The maximum absolute atomic E-state index is 4.45. The molecule has 0 saturated heterocycles. The van der Waals surface area contributed by atoms with Gasteiger partial charge in [0, 0.05) is 18.1 Å². The second kappa shape index (κ2) is 5.45. The summed E-state index contributed by atoms with van der Waals surface area (Å²) in [6.07, 6.45) is 5.53. The zero-order chi connectivity index (χ0) is 11.2. The molecule has 0 radical (unpaired) electrons. The van der Waals surface area contributed by atoms with Gasteiger partial charge in [-0.25, -0.2) is 9.97 Å². The van der Waals surface area contributed by atoms with Gasteiger partial charge < -0.3 is 5.32 Å². The Labute approximate surface area is 95.9 Å². The van der Waals surface area contributed by atoms with Gasteiger partial charge in [0.05, 0.1) is 5.52 Å². The Hall–Kier alpha value is -1.64. The highest BCUT2D eigenvalue weighted by atomic mass is 15.1. The van der Waals surface area contributed by atoms with Crippen molar-refractivity contribution in [1.29, 1.82) is 0 Å². The second-order valence-corrected chi connectivity index (χ2v) is 3.89.